The molecular formula is C16H31N3O2. The smallest absolute Gasteiger partial charge is 0.236 e. The van der Waals surface area contributed by atoms with Crippen molar-refractivity contribution in [2.24, 2.45) is 5.92 Å². The Balaban J connectivity index is 1.62. The zero-order valence-electron chi connectivity index (χ0n) is 13.6. The standard InChI is InChI=1S/C16H31N3O2/c1-14-3-7-18(8-4-14)12-11-17(2)13-16(21)19-9-5-15(20)6-10-19/h14-15,20H,3-13H2,1-2H3. The van der Waals surface area contributed by atoms with Gasteiger partial charge in [0.15, 0.2) is 0 Å². The molecule has 2 heterocycles. The Morgan fingerprint density at radius 1 is 1.14 bits per heavy atom. The van der Waals surface area contributed by atoms with Crippen LogP contribution in [0.25, 0.3) is 0 Å². The van der Waals surface area contributed by atoms with Crippen molar-refractivity contribution in [2.75, 3.05) is 52.9 Å². The number of hydrogen-bond donors (Lipinski definition) is 1. The number of carbonyl (C=O) groups is 1. The molecule has 0 saturated carbocycles. The molecular weight excluding hydrogens is 266 g/mol. The summed E-state index contributed by atoms with van der Waals surface area (Å²) in [6, 6.07) is 0. The second kappa shape index (κ2) is 8.11. The van der Waals surface area contributed by atoms with Crippen LogP contribution in [0.2, 0.25) is 0 Å². The first-order valence-corrected chi connectivity index (χ1v) is 8.41. The molecule has 0 atom stereocenters. The van der Waals surface area contributed by atoms with Gasteiger partial charge in [-0.05, 0) is 51.7 Å². The van der Waals surface area contributed by atoms with Crippen LogP contribution in [0.5, 0.6) is 0 Å². The molecule has 0 spiro atoms. The summed E-state index contributed by atoms with van der Waals surface area (Å²) < 4.78 is 0. The van der Waals surface area contributed by atoms with Gasteiger partial charge in [-0.25, -0.2) is 0 Å². The van der Waals surface area contributed by atoms with Crippen molar-refractivity contribution in [2.45, 2.75) is 38.7 Å². The number of piperidine rings is 2. The molecule has 2 aliphatic heterocycles. The molecule has 2 saturated heterocycles. The number of aliphatic hydroxyl groups is 1. The normalized spacial score (nSPS) is 23.0. The Morgan fingerprint density at radius 3 is 2.38 bits per heavy atom. The molecule has 5 nitrogen and oxygen atoms in total. The van der Waals surface area contributed by atoms with Crippen LogP contribution in [0.1, 0.15) is 32.6 Å². The lowest BCUT2D eigenvalue weighted by molar-refractivity contribution is -0.134. The van der Waals surface area contributed by atoms with Crippen LogP contribution >= 0.6 is 0 Å². The second-order valence-electron chi connectivity index (χ2n) is 6.87. The van der Waals surface area contributed by atoms with E-state index in [9.17, 15) is 9.90 Å². The van der Waals surface area contributed by atoms with Crippen molar-refractivity contribution in [1.29, 1.82) is 0 Å². The maximum Gasteiger partial charge on any atom is 0.236 e. The average Bonchev–Trinajstić information content (AvgIpc) is 2.47. The summed E-state index contributed by atoms with van der Waals surface area (Å²) in [7, 11) is 2.03. The lowest BCUT2D eigenvalue weighted by Crippen LogP contribution is -2.46. The summed E-state index contributed by atoms with van der Waals surface area (Å²) in [4.78, 5) is 18.7. The highest BCUT2D eigenvalue weighted by Gasteiger charge is 2.22. The highest BCUT2D eigenvalue weighted by molar-refractivity contribution is 5.78. The van der Waals surface area contributed by atoms with E-state index < -0.39 is 0 Å². The summed E-state index contributed by atoms with van der Waals surface area (Å²) in [6.07, 6.45) is 3.84. The van der Waals surface area contributed by atoms with Gasteiger partial charge in [-0.1, -0.05) is 6.92 Å². The SMILES string of the molecule is CC1CCN(CCN(C)CC(=O)N2CCC(O)CC2)CC1. The van der Waals surface area contributed by atoms with Crippen LogP contribution in [0.4, 0.5) is 0 Å². The van der Waals surface area contributed by atoms with E-state index in [1.165, 1.54) is 25.9 Å². The molecule has 5 heteroatoms. The number of likely N-dealkylation sites (tertiary alicyclic amines) is 2. The fraction of sp³-hybridized carbons (Fsp3) is 0.938. The molecule has 2 rings (SSSR count). The van der Waals surface area contributed by atoms with Crippen molar-refractivity contribution in [1.82, 2.24) is 14.7 Å². The minimum absolute atomic E-state index is 0.205. The van der Waals surface area contributed by atoms with Crippen molar-refractivity contribution < 1.29 is 9.90 Å². The molecule has 21 heavy (non-hydrogen) atoms. The van der Waals surface area contributed by atoms with E-state index in [4.69, 9.17) is 0 Å². The molecule has 0 bridgehead atoms. The van der Waals surface area contributed by atoms with Crippen LogP contribution in [0, 0.1) is 5.92 Å². The summed E-state index contributed by atoms with van der Waals surface area (Å²) in [5, 5.41) is 9.48. The number of amides is 1. The first kappa shape index (κ1) is 16.7. The van der Waals surface area contributed by atoms with Crippen molar-refractivity contribution in [3.8, 4) is 0 Å². The highest BCUT2D eigenvalue weighted by Crippen LogP contribution is 2.15. The van der Waals surface area contributed by atoms with Gasteiger partial charge in [0, 0.05) is 26.2 Å². The number of likely N-dealkylation sites (N-methyl/N-ethyl adjacent to an activating group) is 1. The van der Waals surface area contributed by atoms with E-state index in [1.807, 2.05) is 11.9 Å². The molecule has 0 unspecified atom stereocenters. The Morgan fingerprint density at radius 2 is 1.76 bits per heavy atom. The van der Waals surface area contributed by atoms with Crippen molar-refractivity contribution in [3.05, 3.63) is 0 Å². The van der Waals surface area contributed by atoms with Gasteiger partial charge >= 0.3 is 0 Å². The molecule has 1 amide bonds. The maximum absolute atomic E-state index is 12.2. The lowest BCUT2D eigenvalue weighted by Gasteiger charge is -2.33. The van der Waals surface area contributed by atoms with Gasteiger partial charge in [0.05, 0.1) is 12.6 Å². The highest BCUT2D eigenvalue weighted by atomic mass is 16.3. The third-order valence-electron chi connectivity index (χ3n) is 4.90. The maximum atomic E-state index is 12.2. The number of rotatable bonds is 5. The number of hydrogen-bond acceptors (Lipinski definition) is 4. The van der Waals surface area contributed by atoms with Gasteiger partial charge in [-0.2, -0.15) is 0 Å². The number of nitrogens with zero attached hydrogens (tertiary/aromatic N) is 3. The molecule has 2 aliphatic rings. The minimum atomic E-state index is -0.215. The van der Waals surface area contributed by atoms with E-state index in [2.05, 4.69) is 16.7 Å². The van der Waals surface area contributed by atoms with Gasteiger partial charge in [0.2, 0.25) is 5.91 Å². The monoisotopic (exact) mass is 297 g/mol. The first-order chi connectivity index (χ1) is 10.0. The van der Waals surface area contributed by atoms with E-state index in [-0.39, 0.29) is 12.0 Å². The first-order valence-electron chi connectivity index (χ1n) is 8.41. The summed E-state index contributed by atoms with van der Waals surface area (Å²) >= 11 is 0. The fourth-order valence-electron chi connectivity index (χ4n) is 3.12. The Bertz CT molecular complexity index is 321. The number of aliphatic hydroxyl groups excluding tert-OH is 1. The zero-order chi connectivity index (χ0) is 15.2. The Hall–Kier alpha value is -0.650. The molecule has 1 N–H and O–H groups in total. The molecule has 0 aliphatic carbocycles. The van der Waals surface area contributed by atoms with Gasteiger partial charge in [-0.3, -0.25) is 9.69 Å². The topological polar surface area (TPSA) is 47.0 Å². The molecule has 0 radical (unpaired) electrons. The average molecular weight is 297 g/mol. The van der Waals surface area contributed by atoms with Gasteiger partial charge < -0.3 is 14.9 Å². The van der Waals surface area contributed by atoms with Crippen LogP contribution in [0.3, 0.4) is 0 Å². The molecule has 122 valence electrons. The Kier molecular flexibility index (Phi) is 6.45. The predicted octanol–water partition coefficient (Wildman–Crippen LogP) is 0.633. The lowest BCUT2D eigenvalue weighted by atomic mass is 9.99. The third-order valence-corrected chi connectivity index (χ3v) is 4.90. The largest absolute Gasteiger partial charge is 0.393 e. The fourth-order valence-corrected chi connectivity index (χ4v) is 3.12. The van der Waals surface area contributed by atoms with Gasteiger partial charge in [0.25, 0.3) is 0 Å². The quantitative estimate of drug-likeness (QED) is 0.809. The van der Waals surface area contributed by atoms with Crippen LogP contribution < -0.4 is 0 Å². The molecule has 0 aromatic carbocycles. The number of carbonyl (C=O) groups excluding carboxylic acids is 1. The molecule has 0 aromatic heterocycles. The summed E-state index contributed by atoms with van der Waals surface area (Å²) in [5.74, 6) is 1.08. The van der Waals surface area contributed by atoms with Gasteiger partial charge in [0.1, 0.15) is 0 Å². The van der Waals surface area contributed by atoms with E-state index in [0.29, 0.717) is 19.6 Å². The van der Waals surface area contributed by atoms with E-state index >= 15 is 0 Å². The van der Waals surface area contributed by atoms with Crippen LogP contribution in [0.15, 0.2) is 0 Å². The predicted molar refractivity (Wildman–Crippen MR) is 84.2 cm³/mol. The second-order valence-corrected chi connectivity index (χ2v) is 6.87. The van der Waals surface area contributed by atoms with Crippen LogP contribution in [-0.4, -0.2) is 84.7 Å². The van der Waals surface area contributed by atoms with Crippen molar-refractivity contribution >= 4 is 5.91 Å². The summed E-state index contributed by atoms with van der Waals surface area (Å²) in [6.45, 7) is 8.67. The van der Waals surface area contributed by atoms with Crippen molar-refractivity contribution in [3.63, 3.8) is 0 Å². The molecule has 2 fully saturated rings. The molecule has 0 aromatic rings. The third kappa shape index (κ3) is 5.57. The van der Waals surface area contributed by atoms with E-state index in [0.717, 1.165) is 31.8 Å². The van der Waals surface area contributed by atoms with Crippen LogP contribution in [-0.2, 0) is 4.79 Å². The van der Waals surface area contributed by atoms with Gasteiger partial charge in [-0.15, -0.1) is 0 Å². The minimum Gasteiger partial charge on any atom is -0.393 e. The zero-order valence-corrected chi connectivity index (χ0v) is 13.6. The Labute approximate surface area is 128 Å². The van der Waals surface area contributed by atoms with E-state index in [1.54, 1.807) is 0 Å². The summed E-state index contributed by atoms with van der Waals surface area (Å²) in [5.41, 5.74) is 0.